The monoisotopic (exact) mass is 238 g/mol. The third-order valence-corrected chi connectivity index (χ3v) is 4.87. The molecule has 0 aromatic rings. The zero-order valence-electron chi connectivity index (χ0n) is 11.5. The molecule has 2 heteroatoms. The number of rotatable bonds is 1. The number of hydrogen-bond acceptors (Lipinski definition) is 2. The Labute approximate surface area is 105 Å². The maximum atomic E-state index is 10.5. The number of fused-ring (bicyclic) bond motifs is 1. The predicted molar refractivity (Wildman–Crippen MR) is 69.5 cm³/mol. The molecule has 0 radical (unpaired) electrons. The van der Waals surface area contributed by atoms with Crippen LogP contribution >= 0.6 is 0 Å². The topological polar surface area (TPSA) is 40.5 Å². The Morgan fingerprint density at radius 2 is 2.06 bits per heavy atom. The molecule has 0 aromatic heterocycles. The average Bonchev–Trinajstić information content (AvgIpc) is 2.14. The number of aliphatic hydroxyl groups is 2. The van der Waals surface area contributed by atoms with E-state index in [9.17, 15) is 10.2 Å². The standard InChI is InChI=1S/C15H26O2/c1-9(2)14-11-7-10(3)5-6-12(11)15(4,17)8-13(14)16/h7,9,11-14,16-17H,5-6,8H2,1-4H3/t11-,12-,13+,14+,15-/m1/s1. The summed E-state index contributed by atoms with van der Waals surface area (Å²) in [6.07, 6.45) is 4.64. The van der Waals surface area contributed by atoms with Crippen LogP contribution in [0.25, 0.3) is 0 Å². The normalized spacial score (nSPS) is 46.6. The lowest BCUT2D eigenvalue weighted by Gasteiger charge is -2.51. The quantitative estimate of drug-likeness (QED) is 0.690. The summed E-state index contributed by atoms with van der Waals surface area (Å²) >= 11 is 0. The molecule has 5 atom stereocenters. The Bertz CT molecular complexity index is 317. The van der Waals surface area contributed by atoms with Gasteiger partial charge in [-0.1, -0.05) is 25.5 Å². The number of hydrogen-bond donors (Lipinski definition) is 2. The zero-order chi connectivity index (χ0) is 12.8. The third kappa shape index (κ3) is 2.30. The van der Waals surface area contributed by atoms with Gasteiger partial charge >= 0.3 is 0 Å². The van der Waals surface area contributed by atoms with Gasteiger partial charge in [-0.2, -0.15) is 0 Å². The maximum absolute atomic E-state index is 10.5. The van der Waals surface area contributed by atoms with Crippen LogP contribution in [0.1, 0.15) is 47.0 Å². The first-order valence-corrected chi connectivity index (χ1v) is 6.90. The van der Waals surface area contributed by atoms with Crippen LogP contribution in [0, 0.1) is 23.7 Å². The molecule has 0 amide bonds. The van der Waals surface area contributed by atoms with Crippen molar-refractivity contribution in [3.05, 3.63) is 11.6 Å². The molecule has 17 heavy (non-hydrogen) atoms. The Morgan fingerprint density at radius 3 is 2.65 bits per heavy atom. The number of aliphatic hydroxyl groups excluding tert-OH is 1. The lowest BCUT2D eigenvalue weighted by Crippen LogP contribution is -2.54. The van der Waals surface area contributed by atoms with Crippen molar-refractivity contribution in [1.82, 2.24) is 0 Å². The Hall–Kier alpha value is -0.340. The van der Waals surface area contributed by atoms with E-state index in [4.69, 9.17) is 0 Å². The van der Waals surface area contributed by atoms with E-state index in [0.29, 0.717) is 30.1 Å². The fourth-order valence-electron chi connectivity index (χ4n) is 4.06. The van der Waals surface area contributed by atoms with Gasteiger partial charge in [-0.05, 0) is 50.4 Å². The first-order chi connectivity index (χ1) is 7.83. The first kappa shape index (κ1) is 13.1. The maximum Gasteiger partial charge on any atom is 0.0678 e. The molecule has 2 nitrogen and oxygen atoms in total. The number of allylic oxidation sites excluding steroid dienone is 2. The van der Waals surface area contributed by atoms with E-state index < -0.39 is 5.60 Å². The molecule has 98 valence electrons. The van der Waals surface area contributed by atoms with Crippen LogP contribution in [-0.2, 0) is 0 Å². The van der Waals surface area contributed by atoms with E-state index in [1.807, 2.05) is 6.92 Å². The largest absolute Gasteiger partial charge is 0.393 e. The van der Waals surface area contributed by atoms with Crippen LogP contribution in [0.2, 0.25) is 0 Å². The second-order valence-electron chi connectivity index (χ2n) is 6.69. The first-order valence-electron chi connectivity index (χ1n) is 6.90. The summed E-state index contributed by atoms with van der Waals surface area (Å²) in [5.41, 5.74) is 0.717. The van der Waals surface area contributed by atoms with Crippen LogP contribution in [0.15, 0.2) is 11.6 Å². The molecular weight excluding hydrogens is 212 g/mol. The molecule has 0 spiro atoms. The van der Waals surface area contributed by atoms with Crippen molar-refractivity contribution >= 4 is 0 Å². The minimum Gasteiger partial charge on any atom is -0.393 e. The molecule has 2 rings (SSSR count). The van der Waals surface area contributed by atoms with Gasteiger partial charge in [-0.25, -0.2) is 0 Å². The summed E-state index contributed by atoms with van der Waals surface area (Å²) in [6, 6.07) is 0. The van der Waals surface area contributed by atoms with E-state index >= 15 is 0 Å². The third-order valence-electron chi connectivity index (χ3n) is 4.87. The summed E-state index contributed by atoms with van der Waals surface area (Å²) in [5, 5.41) is 20.8. The van der Waals surface area contributed by atoms with Crippen molar-refractivity contribution in [3.8, 4) is 0 Å². The highest BCUT2D eigenvalue weighted by Gasteiger charge is 2.50. The Morgan fingerprint density at radius 1 is 1.41 bits per heavy atom. The summed E-state index contributed by atoms with van der Waals surface area (Å²) in [6.45, 7) is 8.44. The second kappa shape index (κ2) is 4.40. The summed E-state index contributed by atoms with van der Waals surface area (Å²) in [7, 11) is 0. The SMILES string of the molecule is CC1=C[C@H]2[C@H](C(C)C)[C@@H](O)C[C@@](C)(O)[C@@H]2CC1. The smallest absolute Gasteiger partial charge is 0.0678 e. The van der Waals surface area contributed by atoms with Gasteiger partial charge in [0.05, 0.1) is 11.7 Å². The molecule has 0 saturated heterocycles. The lowest BCUT2D eigenvalue weighted by molar-refractivity contribution is -0.133. The van der Waals surface area contributed by atoms with Gasteiger partial charge in [0, 0.05) is 6.42 Å². The van der Waals surface area contributed by atoms with Crippen molar-refractivity contribution in [3.63, 3.8) is 0 Å². The van der Waals surface area contributed by atoms with Gasteiger partial charge in [0.25, 0.3) is 0 Å². The fraction of sp³-hybridized carbons (Fsp3) is 0.867. The van der Waals surface area contributed by atoms with Crippen molar-refractivity contribution in [1.29, 1.82) is 0 Å². The molecule has 0 unspecified atom stereocenters. The van der Waals surface area contributed by atoms with Gasteiger partial charge in [0.2, 0.25) is 0 Å². The molecule has 0 aliphatic heterocycles. The minimum atomic E-state index is -0.702. The van der Waals surface area contributed by atoms with E-state index in [0.717, 1.165) is 12.8 Å². The molecular formula is C15H26O2. The predicted octanol–water partition coefficient (Wildman–Crippen LogP) is 2.75. The van der Waals surface area contributed by atoms with Gasteiger partial charge < -0.3 is 10.2 Å². The fourth-order valence-corrected chi connectivity index (χ4v) is 4.06. The van der Waals surface area contributed by atoms with Gasteiger partial charge in [-0.3, -0.25) is 0 Å². The molecule has 2 aliphatic rings. The molecule has 0 bridgehead atoms. The highest BCUT2D eigenvalue weighted by molar-refractivity contribution is 5.15. The van der Waals surface area contributed by atoms with Crippen molar-refractivity contribution in [2.24, 2.45) is 23.7 Å². The molecule has 0 heterocycles. The van der Waals surface area contributed by atoms with Crippen LogP contribution in [0.3, 0.4) is 0 Å². The van der Waals surface area contributed by atoms with Crippen molar-refractivity contribution < 1.29 is 10.2 Å². The van der Waals surface area contributed by atoms with Crippen molar-refractivity contribution in [2.75, 3.05) is 0 Å². The van der Waals surface area contributed by atoms with Crippen LogP contribution in [-0.4, -0.2) is 21.9 Å². The van der Waals surface area contributed by atoms with Crippen LogP contribution in [0.5, 0.6) is 0 Å². The second-order valence-corrected chi connectivity index (χ2v) is 6.69. The van der Waals surface area contributed by atoms with Crippen LogP contribution < -0.4 is 0 Å². The molecule has 1 fully saturated rings. The lowest BCUT2D eigenvalue weighted by atomic mass is 9.57. The molecule has 2 aliphatic carbocycles. The van der Waals surface area contributed by atoms with Gasteiger partial charge in [0.1, 0.15) is 0 Å². The highest BCUT2D eigenvalue weighted by atomic mass is 16.3. The van der Waals surface area contributed by atoms with Crippen molar-refractivity contribution in [2.45, 2.75) is 58.7 Å². The summed E-state index contributed by atoms with van der Waals surface area (Å²) in [5.74, 6) is 1.44. The van der Waals surface area contributed by atoms with E-state index in [1.165, 1.54) is 5.57 Å². The van der Waals surface area contributed by atoms with Gasteiger partial charge in [-0.15, -0.1) is 0 Å². The molecule has 1 saturated carbocycles. The van der Waals surface area contributed by atoms with Crippen LogP contribution in [0.4, 0.5) is 0 Å². The Balaban J connectivity index is 2.35. The molecule has 0 aromatic carbocycles. The molecule has 2 N–H and O–H groups in total. The zero-order valence-corrected chi connectivity index (χ0v) is 11.5. The van der Waals surface area contributed by atoms with E-state index in [-0.39, 0.29) is 6.10 Å². The average molecular weight is 238 g/mol. The summed E-state index contributed by atoms with van der Waals surface area (Å²) in [4.78, 5) is 0. The highest BCUT2D eigenvalue weighted by Crippen LogP contribution is 2.49. The van der Waals surface area contributed by atoms with E-state index in [2.05, 4.69) is 26.8 Å². The van der Waals surface area contributed by atoms with E-state index in [1.54, 1.807) is 0 Å². The van der Waals surface area contributed by atoms with Gasteiger partial charge in [0.15, 0.2) is 0 Å². The summed E-state index contributed by atoms with van der Waals surface area (Å²) < 4.78 is 0. The Kier molecular flexibility index (Phi) is 3.39. The minimum absolute atomic E-state index is 0.301.